The minimum absolute atomic E-state index is 0.353. The van der Waals surface area contributed by atoms with E-state index in [1.165, 1.54) is 12.1 Å². The van der Waals surface area contributed by atoms with Gasteiger partial charge in [0.05, 0.1) is 0 Å². The van der Waals surface area contributed by atoms with Gasteiger partial charge in [0.25, 0.3) is 0 Å². The Morgan fingerprint density at radius 3 is 2.61 bits per heavy atom. The Labute approximate surface area is 110 Å². The molecule has 2 nitrogen and oxygen atoms in total. The van der Waals surface area contributed by atoms with E-state index < -0.39 is 0 Å². The van der Waals surface area contributed by atoms with Crippen LogP contribution in [-0.4, -0.2) is 13.2 Å². The Hall–Kier alpha value is -1.74. The molecule has 0 amide bonds. The molecule has 0 atom stereocenters. The molecule has 0 fully saturated rings. The van der Waals surface area contributed by atoms with Crippen molar-refractivity contribution in [1.29, 1.82) is 0 Å². The fourth-order valence-electron chi connectivity index (χ4n) is 1.54. The zero-order valence-corrected chi connectivity index (χ0v) is 10.5. The first-order valence-electron chi connectivity index (χ1n) is 5.62. The molecule has 0 aromatic heterocycles. The molecule has 0 aliphatic heterocycles. The zero-order valence-electron chi connectivity index (χ0n) is 9.70. The van der Waals surface area contributed by atoms with E-state index in [0.717, 1.165) is 5.75 Å². The van der Waals surface area contributed by atoms with E-state index in [2.05, 4.69) is 5.32 Å². The summed E-state index contributed by atoms with van der Waals surface area (Å²) in [5, 5.41) is 3.42. The fraction of sp³-hybridized carbons (Fsp3) is 0.143. The summed E-state index contributed by atoms with van der Waals surface area (Å²) < 4.78 is 18.5. The van der Waals surface area contributed by atoms with Crippen LogP contribution in [0.25, 0.3) is 0 Å². The zero-order chi connectivity index (χ0) is 12.8. The van der Waals surface area contributed by atoms with E-state index >= 15 is 0 Å². The maximum atomic E-state index is 13.0. The van der Waals surface area contributed by atoms with Crippen LogP contribution in [0.4, 0.5) is 10.1 Å². The van der Waals surface area contributed by atoms with Crippen molar-refractivity contribution in [3.8, 4) is 5.75 Å². The van der Waals surface area contributed by atoms with Gasteiger partial charge in [-0.1, -0.05) is 29.8 Å². The summed E-state index contributed by atoms with van der Waals surface area (Å²) in [7, 11) is 0. The standard InChI is InChI=1S/C14H13ClFNO/c15-11-8-12(16)10-13(9-11)17-6-7-18-14-4-2-1-3-5-14/h1-5,8-10,17H,6-7H2. The number of hydrogen-bond donors (Lipinski definition) is 1. The van der Waals surface area contributed by atoms with Gasteiger partial charge in [0.2, 0.25) is 0 Å². The second kappa shape index (κ2) is 6.26. The Kier molecular flexibility index (Phi) is 4.42. The molecule has 0 spiro atoms. The maximum Gasteiger partial charge on any atom is 0.126 e. The van der Waals surface area contributed by atoms with Crippen LogP contribution in [0.2, 0.25) is 5.02 Å². The van der Waals surface area contributed by atoms with Gasteiger partial charge in [0, 0.05) is 17.3 Å². The highest BCUT2D eigenvalue weighted by atomic mass is 35.5. The average molecular weight is 266 g/mol. The van der Waals surface area contributed by atoms with Crippen molar-refractivity contribution < 1.29 is 9.13 Å². The minimum atomic E-state index is -0.353. The highest BCUT2D eigenvalue weighted by molar-refractivity contribution is 6.30. The third kappa shape index (κ3) is 3.93. The molecular formula is C14H13ClFNO. The van der Waals surface area contributed by atoms with Gasteiger partial charge in [-0.15, -0.1) is 0 Å². The Morgan fingerprint density at radius 2 is 1.89 bits per heavy atom. The molecule has 0 unspecified atom stereocenters. The predicted molar refractivity (Wildman–Crippen MR) is 71.8 cm³/mol. The van der Waals surface area contributed by atoms with E-state index in [0.29, 0.717) is 23.9 Å². The van der Waals surface area contributed by atoms with Crippen LogP contribution in [0.5, 0.6) is 5.75 Å². The van der Waals surface area contributed by atoms with E-state index in [1.54, 1.807) is 6.07 Å². The Bertz CT molecular complexity index is 484. The topological polar surface area (TPSA) is 21.3 Å². The molecule has 2 rings (SSSR count). The van der Waals surface area contributed by atoms with Crippen LogP contribution in [-0.2, 0) is 0 Å². The van der Waals surface area contributed by atoms with Crippen molar-refractivity contribution in [1.82, 2.24) is 0 Å². The first-order valence-corrected chi connectivity index (χ1v) is 6.00. The number of halogens is 2. The van der Waals surface area contributed by atoms with Gasteiger partial charge in [-0.25, -0.2) is 4.39 Å². The summed E-state index contributed by atoms with van der Waals surface area (Å²) in [6, 6.07) is 13.9. The van der Waals surface area contributed by atoms with Crippen molar-refractivity contribution in [2.24, 2.45) is 0 Å². The second-order valence-corrected chi connectivity index (χ2v) is 4.18. The quantitative estimate of drug-likeness (QED) is 0.826. The van der Waals surface area contributed by atoms with Crippen LogP contribution in [0, 0.1) is 5.82 Å². The number of benzene rings is 2. The number of nitrogens with one attached hydrogen (secondary N) is 1. The lowest BCUT2D eigenvalue weighted by Crippen LogP contribution is -2.11. The third-order valence-corrected chi connectivity index (χ3v) is 2.52. The summed E-state index contributed by atoms with van der Waals surface area (Å²) in [5.41, 5.74) is 0.650. The average Bonchev–Trinajstić information content (AvgIpc) is 2.35. The normalized spacial score (nSPS) is 10.1. The van der Waals surface area contributed by atoms with E-state index in [9.17, 15) is 4.39 Å². The predicted octanol–water partition coefficient (Wildman–Crippen LogP) is 3.97. The van der Waals surface area contributed by atoms with Crippen LogP contribution < -0.4 is 10.1 Å². The summed E-state index contributed by atoms with van der Waals surface area (Å²) in [5.74, 6) is 0.463. The van der Waals surface area contributed by atoms with Crippen molar-refractivity contribution in [2.45, 2.75) is 0 Å². The minimum Gasteiger partial charge on any atom is -0.492 e. The summed E-state index contributed by atoms with van der Waals surface area (Å²) in [6.45, 7) is 1.08. The first-order chi connectivity index (χ1) is 8.74. The van der Waals surface area contributed by atoms with Gasteiger partial charge < -0.3 is 10.1 Å². The number of para-hydroxylation sites is 1. The summed E-state index contributed by atoms with van der Waals surface area (Å²) >= 11 is 5.75. The molecule has 0 aliphatic carbocycles. The van der Waals surface area contributed by atoms with Crippen molar-refractivity contribution in [3.63, 3.8) is 0 Å². The molecule has 0 heterocycles. The number of anilines is 1. The van der Waals surface area contributed by atoms with Gasteiger partial charge in [0.15, 0.2) is 0 Å². The monoisotopic (exact) mass is 265 g/mol. The molecule has 94 valence electrons. The van der Waals surface area contributed by atoms with Crippen LogP contribution in [0.3, 0.4) is 0 Å². The lowest BCUT2D eigenvalue weighted by Gasteiger charge is -2.09. The van der Waals surface area contributed by atoms with Gasteiger partial charge >= 0.3 is 0 Å². The molecule has 0 bridgehead atoms. The van der Waals surface area contributed by atoms with Crippen molar-refractivity contribution >= 4 is 17.3 Å². The van der Waals surface area contributed by atoms with E-state index in [1.807, 2.05) is 30.3 Å². The molecule has 0 aliphatic rings. The smallest absolute Gasteiger partial charge is 0.126 e. The van der Waals surface area contributed by atoms with Crippen molar-refractivity contribution in [2.75, 3.05) is 18.5 Å². The Balaban J connectivity index is 1.78. The van der Waals surface area contributed by atoms with Gasteiger partial charge in [-0.3, -0.25) is 0 Å². The molecule has 1 N–H and O–H groups in total. The molecule has 0 saturated carbocycles. The Morgan fingerprint density at radius 1 is 1.11 bits per heavy atom. The van der Waals surface area contributed by atoms with Crippen LogP contribution >= 0.6 is 11.6 Å². The highest BCUT2D eigenvalue weighted by Crippen LogP contribution is 2.17. The number of rotatable bonds is 5. The first kappa shape index (κ1) is 12.7. The third-order valence-electron chi connectivity index (χ3n) is 2.31. The van der Waals surface area contributed by atoms with Gasteiger partial charge in [-0.2, -0.15) is 0 Å². The van der Waals surface area contributed by atoms with Crippen molar-refractivity contribution in [3.05, 3.63) is 59.4 Å². The lowest BCUT2D eigenvalue weighted by atomic mass is 10.3. The molecule has 2 aromatic rings. The lowest BCUT2D eigenvalue weighted by molar-refractivity contribution is 0.333. The van der Waals surface area contributed by atoms with Gasteiger partial charge in [-0.05, 0) is 30.3 Å². The number of ether oxygens (including phenoxy) is 1. The van der Waals surface area contributed by atoms with E-state index in [-0.39, 0.29) is 5.82 Å². The largest absolute Gasteiger partial charge is 0.492 e. The van der Waals surface area contributed by atoms with Gasteiger partial charge in [0.1, 0.15) is 18.2 Å². The van der Waals surface area contributed by atoms with Crippen LogP contribution in [0.1, 0.15) is 0 Å². The summed E-state index contributed by atoms with van der Waals surface area (Å²) in [6.07, 6.45) is 0. The molecule has 4 heteroatoms. The molecule has 0 radical (unpaired) electrons. The molecule has 0 saturated heterocycles. The summed E-state index contributed by atoms with van der Waals surface area (Å²) in [4.78, 5) is 0. The molecule has 2 aromatic carbocycles. The van der Waals surface area contributed by atoms with E-state index in [4.69, 9.17) is 16.3 Å². The maximum absolute atomic E-state index is 13.0. The van der Waals surface area contributed by atoms with Crippen LogP contribution in [0.15, 0.2) is 48.5 Å². The molecule has 18 heavy (non-hydrogen) atoms. The second-order valence-electron chi connectivity index (χ2n) is 3.75. The number of hydrogen-bond acceptors (Lipinski definition) is 2. The molecular weight excluding hydrogens is 253 g/mol. The SMILES string of the molecule is Fc1cc(Cl)cc(NCCOc2ccccc2)c1. The fourth-order valence-corrected chi connectivity index (χ4v) is 1.76. The highest BCUT2D eigenvalue weighted by Gasteiger charge is 1.98.